The summed E-state index contributed by atoms with van der Waals surface area (Å²) in [5, 5.41) is 0. The van der Waals surface area contributed by atoms with Gasteiger partial charge in [-0.3, -0.25) is 4.79 Å². The Morgan fingerprint density at radius 3 is 2.48 bits per heavy atom. The number of rotatable bonds is 4. The summed E-state index contributed by atoms with van der Waals surface area (Å²) in [5.41, 5.74) is 7.20. The molecule has 1 aromatic rings. The minimum atomic E-state index is -0.443. The van der Waals surface area contributed by atoms with Gasteiger partial charge in [-0.2, -0.15) is 0 Å². The molecule has 1 atom stereocenters. The molecular weight excluding hydrogens is 286 g/mol. The molecule has 1 heterocycles. The molecule has 118 valence electrons. The van der Waals surface area contributed by atoms with Gasteiger partial charge < -0.3 is 15.5 Å². The summed E-state index contributed by atoms with van der Waals surface area (Å²) < 4.78 is 0. The van der Waals surface area contributed by atoms with Crippen LogP contribution in [0.2, 0.25) is 0 Å². The van der Waals surface area contributed by atoms with E-state index in [0.717, 1.165) is 31.5 Å². The smallest absolute Gasteiger partial charge is 0.239 e. The Hall–Kier alpha value is -1.10. The molecule has 0 aliphatic carbocycles. The monoisotopic (exact) mass is 311 g/mol. The van der Waals surface area contributed by atoms with Gasteiger partial charge in [-0.25, -0.2) is 0 Å². The standard InChI is InChI=1S/C16H25N3O.ClH/c1-18-10-8-14(9-11-18)19(2)16(20)15(17)12-13-6-4-3-5-7-13;/h3-7,14-15H,8-12,17H2,1-2H3;1H/t15-;/m0./s1. The topological polar surface area (TPSA) is 49.6 Å². The normalized spacial score (nSPS) is 17.9. The van der Waals surface area contributed by atoms with Crippen LogP contribution in [0.15, 0.2) is 30.3 Å². The van der Waals surface area contributed by atoms with E-state index in [1.165, 1.54) is 0 Å². The van der Waals surface area contributed by atoms with Gasteiger partial charge in [0.25, 0.3) is 0 Å². The molecule has 4 nitrogen and oxygen atoms in total. The van der Waals surface area contributed by atoms with Crippen LogP contribution in [0.4, 0.5) is 0 Å². The fourth-order valence-corrected chi connectivity index (χ4v) is 2.78. The van der Waals surface area contributed by atoms with E-state index in [1.807, 2.05) is 42.3 Å². The Labute approximate surface area is 133 Å². The highest BCUT2D eigenvalue weighted by Crippen LogP contribution is 2.15. The predicted molar refractivity (Wildman–Crippen MR) is 88.7 cm³/mol. The largest absolute Gasteiger partial charge is 0.341 e. The van der Waals surface area contributed by atoms with Crippen molar-refractivity contribution in [2.24, 2.45) is 5.73 Å². The van der Waals surface area contributed by atoms with Gasteiger partial charge in [0.05, 0.1) is 6.04 Å². The minimum absolute atomic E-state index is 0. The molecule has 1 aliphatic rings. The summed E-state index contributed by atoms with van der Waals surface area (Å²) in [6.45, 7) is 2.10. The van der Waals surface area contributed by atoms with Crippen molar-refractivity contribution in [3.8, 4) is 0 Å². The number of likely N-dealkylation sites (tertiary alicyclic amines) is 1. The van der Waals surface area contributed by atoms with Crippen molar-refractivity contribution >= 4 is 18.3 Å². The third-order valence-corrected chi connectivity index (χ3v) is 4.20. The number of hydrogen-bond donors (Lipinski definition) is 1. The molecule has 2 N–H and O–H groups in total. The van der Waals surface area contributed by atoms with Crippen LogP contribution in [-0.4, -0.2) is 55.0 Å². The second-order valence-corrected chi connectivity index (χ2v) is 5.78. The number of amides is 1. The van der Waals surface area contributed by atoms with Crippen molar-refractivity contribution < 1.29 is 4.79 Å². The summed E-state index contributed by atoms with van der Waals surface area (Å²) >= 11 is 0. The number of hydrogen-bond acceptors (Lipinski definition) is 3. The molecule has 1 saturated heterocycles. The lowest BCUT2D eigenvalue weighted by Gasteiger charge is -2.36. The van der Waals surface area contributed by atoms with E-state index in [2.05, 4.69) is 11.9 Å². The molecular formula is C16H26ClN3O. The molecule has 0 unspecified atom stereocenters. The maximum Gasteiger partial charge on any atom is 0.239 e. The average molecular weight is 312 g/mol. The SMILES string of the molecule is CN1CCC(N(C)C(=O)[C@@H](N)Cc2ccccc2)CC1.Cl. The summed E-state index contributed by atoms with van der Waals surface area (Å²) in [6.07, 6.45) is 2.68. The van der Waals surface area contributed by atoms with E-state index in [0.29, 0.717) is 12.5 Å². The van der Waals surface area contributed by atoms with E-state index in [4.69, 9.17) is 5.73 Å². The van der Waals surface area contributed by atoms with Crippen molar-refractivity contribution in [3.63, 3.8) is 0 Å². The fourth-order valence-electron chi connectivity index (χ4n) is 2.78. The zero-order valence-corrected chi connectivity index (χ0v) is 13.7. The van der Waals surface area contributed by atoms with E-state index >= 15 is 0 Å². The Balaban J connectivity index is 0.00000220. The Kier molecular flexibility index (Phi) is 7.15. The molecule has 0 aromatic heterocycles. The number of halogens is 1. The van der Waals surface area contributed by atoms with E-state index in [1.54, 1.807) is 0 Å². The van der Waals surface area contributed by atoms with Crippen molar-refractivity contribution in [1.29, 1.82) is 0 Å². The molecule has 0 spiro atoms. The van der Waals surface area contributed by atoms with Crippen LogP contribution in [-0.2, 0) is 11.2 Å². The molecule has 5 heteroatoms. The molecule has 0 saturated carbocycles. The first kappa shape index (κ1) is 18.0. The van der Waals surface area contributed by atoms with E-state index in [-0.39, 0.29) is 18.3 Å². The summed E-state index contributed by atoms with van der Waals surface area (Å²) in [4.78, 5) is 16.6. The van der Waals surface area contributed by atoms with Crippen molar-refractivity contribution in [1.82, 2.24) is 9.80 Å². The van der Waals surface area contributed by atoms with Gasteiger partial charge in [-0.15, -0.1) is 12.4 Å². The third-order valence-electron chi connectivity index (χ3n) is 4.20. The lowest BCUT2D eigenvalue weighted by molar-refractivity contribution is -0.134. The Bertz CT molecular complexity index is 432. The maximum absolute atomic E-state index is 12.4. The number of carbonyl (C=O) groups is 1. The lowest BCUT2D eigenvalue weighted by Crippen LogP contribution is -2.50. The third kappa shape index (κ3) is 4.99. The van der Waals surface area contributed by atoms with Gasteiger partial charge in [0.15, 0.2) is 0 Å². The van der Waals surface area contributed by atoms with Gasteiger partial charge in [0.2, 0.25) is 5.91 Å². The number of piperidine rings is 1. The van der Waals surface area contributed by atoms with Crippen LogP contribution in [0.3, 0.4) is 0 Å². The molecule has 1 aromatic carbocycles. The van der Waals surface area contributed by atoms with Crippen molar-refractivity contribution in [2.75, 3.05) is 27.2 Å². The first-order chi connectivity index (χ1) is 9.58. The van der Waals surface area contributed by atoms with Crippen LogP contribution in [0.25, 0.3) is 0 Å². The van der Waals surface area contributed by atoms with Crippen LogP contribution in [0.1, 0.15) is 18.4 Å². The van der Waals surface area contributed by atoms with Crippen molar-refractivity contribution in [3.05, 3.63) is 35.9 Å². The van der Waals surface area contributed by atoms with Crippen LogP contribution in [0.5, 0.6) is 0 Å². The van der Waals surface area contributed by atoms with Crippen LogP contribution < -0.4 is 5.73 Å². The number of nitrogens with two attached hydrogens (primary N) is 1. The van der Waals surface area contributed by atoms with E-state index in [9.17, 15) is 4.79 Å². The Morgan fingerprint density at radius 1 is 1.33 bits per heavy atom. The van der Waals surface area contributed by atoms with Gasteiger partial charge >= 0.3 is 0 Å². The molecule has 0 radical (unpaired) electrons. The molecule has 0 bridgehead atoms. The lowest BCUT2D eigenvalue weighted by atomic mass is 10.0. The summed E-state index contributed by atoms with van der Waals surface area (Å²) in [6, 6.07) is 9.86. The van der Waals surface area contributed by atoms with Gasteiger partial charge in [-0.1, -0.05) is 30.3 Å². The number of likely N-dealkylation sites (N-methyl/N-ethyl adjacent to an activating group) is 1. The van der Waals surface area contributed by atoms with Gasteiger partial charge in [0.1, 0.15) is 0 Å². The zero-order chi connectivity index (χ0) is 14.5. The molecule has 1 amide bonds. The van der Waals surface area contributed by atoms with E-state index < -0.39 is 6.04 Å². The predicted octanol–water partition coefficient (Wildman–Crippen LogP) is 1.53. The van der Waals surface area contributed by atoms with Gasteiger partial charge in [0, 0.05) is 13.1 Å². The van der Waals surface area contributed by atoms with Gasteiger partial charge in [-0.05, 0) is 45.0 Å². The first-order valence-electron chi connectivity index (χ1n) is 7.32. The van der Waals surface area contributed by atoms with Crippen LogP contribution >= 0.6 is 12.4 Å². The Morgan fingerprint density at radius 2 is 1.90 bits per heavy atom. The average Bonchev–Trinajstić information content (AvgIpc) is 2.47. The highest BCUT2D eigenvalue weighted by molar-refractivity contribution is 5.85. The summed E-state index contributed by atoms with van der Waals surface area (Å²) in [5.74, 6) is 0.0587. The first-order valence-corrected chi connectivity index (χ1v) is 7.32. The second kappa shape index (κ2) is 8.37. The van der Waals surface area contributed by atoms with Crippen molar-refractivity contribution in [2.45, 2.75) is 31.3 Å². The number of carbonyl (C=O) groups excluding carboxylic acids is 1. The minimum Gasteiger partial charge on any atom is -0.341 e. The molecule has 2 rings (SSSR count). The zero-order valence-electron chi connectivity index (χ0n) is 12.9. The molecule has 1 aliphatic heterocycles. The highest BCUT2D eigenvalue weighted by atomic mass is 35.5. The molecule has 21 heavy (non-hydrogen) atoms. The fraction of sp³-hybridized carbons (Fsp3) is 0.562. The quantitative estimate of drug-likeness (QED) is 0.917. The maximum atomic E-state index is 12.4. The highest BCUT2D eigenvalue weighted by Gasteiger charge is 2.27. The second-order valence-electron chi connectivity index (χ2n) is 5.78. The molecule has 1 fully saturated rings. The number of nitrogens with zero attached hydrogens (tertiary/aromatic N) is 2. The number of benzene rings is 1. The van der Waals surface area contributed by atoms with Crippen LogP contribution in [0, 0.1) is 0 Å². The summed E-state index contributed by atoms with van der Waals surface area (Å²) in [7, 11) is 4.02.